The van der Waals surface area contributed by atoms with Gasteiger partial charge in [0.2, 0.25) is 0 Å². The second-order valence-electron chi connectivity index (χ2n) is 6.69. The second-order valence-corrected chi connectivity index (χ2v) is 7.13. The van der Waals surface area contributed by atoms with Crippen molar-refractivity contribution in [2.24, 2.45) is 0 Å². The Bertz CT molecular complexity index is 1330. The van der Waals surface area contributed by atoms with Crippen molar-refractivity contribution in [1.29, 1.82) is 0 Å². The van der Waals surface area contributed by atoms with Crippen LogP contribution in [0.5, 0.6) is 11.5 Å². The Morgan fingerprint density at radius 3 is 2.75 bits per heavy atom. The van der Waals surface area contributed by atoms with Gasteiger partial charge in [-0.05, 0) is 42.0 Å². The Labute approximate surface area is 176 Å². The number of fused-ring (bicyclic) bond motifs is 2. The standard InChI is InChI=1S/C23H19ClN2O2/c1-23(2)14-26(22-25-19-8-3-4-9-21(19)28-22)20-13-17(10-11-18(20)23)27-16-7-5-6-15(24)12-16/h3-13H,14H2,1-2H3/i1D3,2D3. The van der Waals surface area contributed by atoms with Crippen molar-refractivity contribution >= 4 is 34.4 Å². The van der Waals surface area contributed by atoms with Crippen molar-refractivity contribution in [3.8, 4) is 11.5 Å². The molecular weight excluding hydrogens is 372 g/mol. The highest BCUT2D eigenvalue weighted by molar-refractivity contribution is 6.30. The van der Waals surface area contributed by atoms with Crippen LogP contribution in [0.25, 0.3) is 11.1 Å². The maximum absolute atomic E-state index is 8.23. The molecule has 0 N–H and O–H groups in total. The number of nitrogens with zero attached hydrogens (tertiary/aromatic N) is 2. The normalized spacial score (nSPS) is 19.1. The molecule has 4 nitrogen and oxygen atoms in total. The van der Waals surface area contributed by atoms with Gasteiger partial charge in [0.1, 0.15) is 17.0 Å². The highest BCUT2D eigenvalue weighted by atomic mass is 35.5. The van der Waals surface area contributed by atoms with Gasteiger partial charge in [0.25, 0.3) is 0 Å². The lowest BCUT2D eigenvalue weighted by Crippen LogP contribution is -2.25. The van der Waals surface area contributed by atoms with E-state index in [0.717, 1.165) is 0 Å². The molecule has 0 saturated heterocycles. The lowest BCUT2D eigenvalue weighted by atomic mass is 9.87. The fourth-order valence-electron chi connectivity index (χ4n) is 3.38. The van der Waals surface area contributed by atoms with Crippen LogP contribution in [0.2, 0.25) is 5.02 Å². The Balaban J connectivity index is 1.68. The van der Waals surface area contributed by atoms with E-state index < -0.39 is 19.1 Å². The lowest BCUT2D eigenvalue weighted by molar-refractivity contribution is 0.482. The Kier molecular flexibility index (Phi) is 2.64. The number of para-hydroxylation sites is 2. The van der Waals surface area contributed by atoms with Gasteiger partial charge in [0.05, 0.1) is 5.69 Å². The van der Waals surface area contributed by atoms with Crippen LogP contribution in [-0.4, -0.2) is 11.5 Å². The molecule has 0 bridgehead atoms. The van der Waals surface area contributed by atoms with Crippen LogP contribution in [-0.2, 0) is 5.41 Å². The van der Waals surface area contributed by atoms with E-state index in [4.69, 9.17) is 29.0 Å². The minimum Gasteiger partial charge on any atom is -0.457 e. The van der Waals surface area contributed by atoms with E-state index in [9.17, 15) is 0 Å². The van der Waals surface area contributed by atoms with E-state index in [-0.39, 0.29) is 18.1 Å². The molecule has 1 aliphatic heterocycles. The molecule has 0 atom stereocenters. The molecule has 0 saturated carbocycles. The average molecular weight is 397 g/mol. The predicted octanol–water partition coefficient (Wildman–Crippen LogP) is 6.70. The molecule has 0 amide bonds. The first-order valence-corrected chi connectivity index (χ1v) is 9.08. The molecule has 2 heterocycles. The van der Waals surface area contributed by atoms with Crippen molar-refractivity contribution in [1.82, 2.24) is 4.98 Å². The first-order chi connectivity index (χ1) is 16.0. The van der Waals surface area contributed by atoms with Crippen molar-refractivity contribution in [3.63, 3.8) is 0 Å². The van der Waals surface area contributed by atoms with Gasteiger partial charge in [-0.3, -0.25) is 4.90 Å². The van der Waals surface area contributed by atoms with Gasteiger partial charge in [-0.2, -0.15) is 4.98 Å². The fourth-order valence-corrected chi connectivity index (χ4v) is 3.56. The SMILES string of the molecule is [2H]C([2H])([2H])C1(C([2H])([2H])[2H])CN(c2nc3ccccc3o2)c2cc(Oc3cccc(Cl)c3)ccc21. The maximum Gasteiger partial charge on any atom is 0.303 e. The Morgan fingerprint density at radius 1 is 1.07 bits per heavy atom. The zero-order chi connectivity index (χ0) is 24.3. The minimum absolute atomic E-state index is 0.109. The van der Waals surface area contributed by atoms with E-state index >= 15 is 0 Å². The van der Waals surface area contributed by atoms with E-state index in [1.165, 1.54) is 11.0 Å². The molecule has 0 aliphatic carbocycles. The molecule has 0 spiro atoms. The summed E-state index contributed by atoms with van der Waals surface area (Å²) in [5, 5.41) is 0.496. The molecule has 5 rings (SSSR count). The predicted molar refractivity (Wildman–Crippen MR) is 112 cm³/mol. The van der Waals surface area contributed by atoms with Gasteiger partial charge in [-0.15, -0.1) is 0 Å². The molecule has 140 valence electrons. The summed E-state index contributed by atoms with van der Waals surface area (Å²) in [7, 11) is 0. The van der Waals surface area contributed by atoms with Crippen LogP contribution in [0.1, 0.15) is 27.5 Å². The van der Waals surface area contributed by atoms with E-state index in [1.54, 1.807) is 60.7 Å². The summed E-state index contributed by atoms with van der Waals surface area (Å²) in [5.74, 6) is 0.866. The summed E-state index contributed by atoms with van der Waals surface area (Å²) in [6.45, 7) is -6.02. The van der Waals surface area contributed by atoms with Crippen LogP contribution in [0.4, 0.5) is 11.7 Å². The maximum atomic E-state index is 8.23. The molecule has 0 radical (unpaired) electrons. The first-order valence-electron chi connectivity index (χ1n) is 11.7. The first kappa shape index (κ1) is 11.8. The van der Waals surface area contributed by atoms with Gasteiger partial charge in [0.15, 0.2) is 5.58 Å². The number of hydrogen-bond acceptors (Lipinski definition) is 4. The quantitative estimate of drug-likeness (QED) is 0.386. The second kappa shape index (κ2) is 6.28. The molecule has 4 aromatic rings. The van der Waals surface area contributed by atoms with Crippen molar-refractivity contribution < 1.29 is 17.4 Å². The van der Waals surface area contributed by atoms with Crippen molar-refractivity contribution in [3.05, 3.63) is 77.3 Å². The number of aromatic nitrogens is 1. The van der Waals surface area contributed by atoms with Crippen molar-refractivity contribution in [2.45, 2.75) is 19.1 Å². The number of benzene rings is 3. The Morgan fingerprint density at radius 2 is 1.93 bits per heavy atom. The lowest BCUT2D eigenvalue weighted by Gasteiger charge is -2.19. The number of halogens is 1. The third-order valence-corrected chi connectivity index (χ3v) is 4.90. The third-order valence-electron chi connectivity index (χ3n) is 4.66. The molecule has 0 unspecified atom stereocenters. The number of anilines is 2. The van der Waals surface area contributed by atoms with E-state index in [1.807, 2.05) is 0 Å². The topological polar surface area (TPSA) is 38.5 Å². The zero-order valence-electron chi connectivity index (χ0n) is 20.6. The smallest absolute Gasteiger partial charge is 0.303 e. The van der Waals surface area contributed by atoms with Gasteiger partial charge in [-0.25, -0.2) is 0 Å². The van der Waals surface area contributed by atoms with Gasteiger partial charge in [-0.1, -0.05) is 49.6 Å². The Hall–Kier alpha value is -2.98. The summed E-state index contributed by atoms with van der Waals surface area (Å²) in [6, 6.07) is 18.7. The highest BCUT2D eigenvalue weighted by Crippen LogP contribution is 2.46. The van der Waals surface area contributed by atoms with E-state index in [0.29, 0.717) is 33.3 Å². The molecule has 1 aromatic heterocycles. The summed E-state index contributed by atoms with van der Waals surface area (Å²) in [5.41, 5.74) is -0.562. The number of ether oxygens (including phenoxy) is 1. The van der Waals surface area contributed by atoms with Gasteiger partial charge >= 0.3 is 6.01 Å². The monoisotopic (exact) mass is 396 g/mol. The summed E-state index contributed by atoms with van der Waals surface area (Å²) < 4.78 is 61.2. The fraction of sp³-hybridized carbons (Fsp3) is 0.174. The molecule has 1 aliphatic rings. The number of oxazole rings is 1. The molecule has 3 aromatic carbocycles. The van der Waals surface area contributed by atoms with Crippen molar-refractivity contribution in [2.75, 3.05) is 11.4 Å². The molecule has 5 heteroatoms. The zero-order valence-corrected chi connectivity index (χ0v) is 15.4. The van der Waals surface area contributed by atoms with E-state index in [2.05, 4.69) is 4.98 Å². The number of rotatable bonds is 3. The molecule has 0 fully saturated rings. The largest absolute Gasteiger partial charge is 0.457 e. The third kappa shape index (κ3) is 2.90. The summed E-state index contributed by atoms with van der Waals surface area (Å²) >= 11 is 6.05. The summed E-state index contributed by atoms with van der Waals surface area (Å²) in [6.07, 6.45) is 0. The number of hydrogen-bond donors (Lipinski definition) is 0. The van der Waals surface area contributed by atoms with Crippen LogP contribution >= 0.6 is 11.6 Å². The van der Waals surface area contributed by atoms with Gasteiger partial charge in [0, 0.05) is 31.3 Å². The van der Waals surface area contributed by atoms with Crippen LogP contribution in [0, 0.1) is 0 Å². The highest BCUT2D eigenvalue weighted by Gasteiger charge is 2.38. The average Bonchev–Trinajstić information content (AvgIpc) is 3.32. The van der Waals surface area contributed by atoms with Crippen LogP contribution < -0.4 is 9.64 Å². The molecule has 28 heavy (non-hydrogen) atoms. The van der Waals surface area contributed by atoms with Gasteiger partial charge < -0.3 is 9.15 Å². The van der Waals surface area contributed by atoms with Crippen LogP contribution in [0.3, 0.4) is 0 Å². The molecular formula is C23H19ClN2O2. The van der Waals surface area contributed by atoms with Crippen LogP contribution in [0.15, 0.2) is 71.1 Å². The minimum atomic E-state index is -2.83. The summed E-state index contributed by atoms with van der Waals surface area (Å²) in [4.78, 5) is 5.98.